The van der Waals surface area contributed by atoms with E-state index in [0.29, 0.717) is 17.9 Å². The molecule has 0 saturated carbocycles. The number of esters is 1. The molecule has 5 nitrogen and oxygen atoms in total. The van der Waals surface area contributed by atoms with E-state index in [9.17, 15) is 4.79 Å². The van der Waals surface area contributed by atoms with Crippen LogP contribution in [0.3, 0.4) is 0 Å². The Hall–Kier alpha value is -3.38. The van der Waals surface area contributed by atoms with Crippen LogP contribution in [-0.2, 0) is 4.74 Å². The third-order valence-electron chi connectivity index (χ3n) is 4.24. The van der Waals surface area contributed by atoms with Gasteiger partial charge in [-0.2, -0.15) is 0 Å². The summed E-state index contributed by atoms with van der Waals surface area (Å²) >= 11 is 1.51. The van der Waals surface area contributed by atoms with E-state index in [1.807, 2.05) is 83.4 Å². The highest BCUT2D eigenvalue weighted by molar-refractivity contribution is 7.99. The number of nitrogens with zero attached hydrogens (tertiary/aromatic N) is 3. The molecule has 0 radical (unpaired) electrons. The number of hydrogen-bond acceptors (Lipinski definition) is 5. The minimum absolute atomic E-state index is 0.292. The summed E-state index contributed by atoms with van der Waals surface area (Å²) in [5.74, 6) is 1.04. The average molecular weight is 401 g/mol. The zero-order valence-electron chi connectivity index (χ0n) is 15.6. The molecule has 6 heteroatoms. The fourth-order valence-corrected chi connectivity index (χ4v) is 3.64. The topological polar surface area (TPSA) is 57.0 Å². The van der Waals surface area contributed by atoms with Crippen LogP contribution in [0.2, 0.25) is 0 Å². The molecule has 0 fully saturated rings. The lowest BCUT2D eigenvalue weighted by Gasteiger charge is -2.10. The monoisotopic (exact) mass is 401 g/mol. The van der Waals surface area contributed by atoms with Crippen LogP contribution < -0.4 is 0 Å². The van der Waals surface area contributed by atoms with E-state index in [2.05, 4.69) is 10.2 Å². The van der Waals surface area contributed by atoms with E-state index >= 15 is 0 Å². The van der Waals surface area contributed by atoms with Crippen molar-refractivity contribution in [3.63, 3.8) is 0 Å². The molecule has 4 rings (SSSR count). The summed E-state index contributed by atoms with van der Waals surface area (Å²) in [5.41, 5.74) is 2.53. The standard InChI is InChI=1S/C23H19N3O2S/c27-22(19-12-6-2-7-13-19)28-16-17-29-23-25-24-21(18-10-4-1-5-11-18)26(23)20-14-8-3-9-15-20/h1-15H,16-17H2. The molecule has 0 saturated heterocycles. The number of hydrogen-bond donors (Lipinski definition) is 0. The Bertz CT molecular complexity index is 1070. The second-order valence-corrected chi connectivity index (χ2v) is 7.26. The van der Waals surface area contributed by atoms with E-state index in [1.165, 1.54) is 11.8 Å². The van der Waals surface area contributed by atoms with E-state index in [0.717, 1.165) is 22.2 Å². The molecule has 1 heterocycles. The Morgan fingerprint density at radius 3 is 2.14 bits per heavy atom. The highest BCUT2D eigenvalue weighted by Gasteiger charge is 2.16. The molecule has 29 heavy (non-hydrogen) atoms. The SMILES string of the molecule is O=C(OCCSc1nnc(-c2ccccc2)n1-c1ccccc1)c1ccccc1. The third kappa shape index (κ3) is 4.55. The Kier molecular flexibility index (Phi) is 6.02. The van der Waals surface area contributed by atoms with Gasteiger partial charge in [0.25, 0.3) is 0 Å². The molecule has 144 valence electrons. The molecule has 0 N–H and O–H groups in total. The van der Waals surface area contributed by atoms with Gasteiger partial charge in [-0.1, -0.05) is 78.5 Å². The normalized spacial score (nSPS) is 10.6. The van der Waals surface area contributed by atoms with Gasteiger partial charge in [0.2, 0.25) is 0 Å². The number of rotatable bonds is 7. The quantitative estimate of drug-likeness (QED) is 0.251. The number of aromatic nitrogens is 3. The van der Waals surface area contributed by atoms with Crippen molar-refractivity contribution in [3.05, 3.63) is 96.6 Å². The maximum absolute atomic E-state index is 12.1. The lowest BCUT2D eigenvalue weighted by molar-refractivity contribution is 0.0530. The molecule has 0 spiro atoms. The smallest absolute Gasteiger partial charge is 0.338 e. The van der Waals surface area contributed by atoms with Gasteiger partial charge in [0.1, 0.15) is 6.61 Å². The Labute approximate surface area is 173 Å². The van der Waals surface area contributed by atoms with Crippen LogP contribution in [0.1, 0.15) is 10.4 Å². The van der Waals surface area contributed by atoms with Gasteiger partial charge in [-0.25, -0.2) is 4.79 Å². The van der Waals surface area contributed by atoms with Crippen LogP contribution in [0.5, 0.6) is 0 Å². The predicted octanol–water partition coefficient (Wildman–Crippen LogP) is 4.88. The first-order chi connectivity index (χ1) is 14.3. The van der Waals surface area contributed by atoms with Gasteiger partial charge in [-0.3, -0.25) is 4.57 Å². The molecule has 0 amide bonds. The minimum atomic E-state index is -0.319. The molecule has 0 aliphatic carbocycles. The molecule has 0 atom stereocenters. The van der Waals surface area contributed by atoms with Gasteiger partial charge in [0, 0.05) is 17.0 Å². The molecular weight excluding hydrogens is 382 g/mol. The second-order valence-electron chi connectivity index (χ2n) is 6.19. The number of para-hydroxylation sites is 1. The molecule has 0 bridgehead atoms. The minimum Gasteiger partial charge on any atom is -0.461 e. The molecule has 1 aromatic heterocycles. The first kappa shape index (κ1) is 19.0. The molecular formula is C23H19N3O2S. The van der Waals surface area contributed by atoms with Crippen molar-refractivity contribution in [1.29, 1.82) is 0 Å². The zero-order chi connectivity index (χ0) is 19.9. The predicted molar refractivity (Wildman–Crippen MR) is 114 cm³/mol. The number of carbonyl (C=O) groups is 1. The maximum atomic E-state index is 12.1. The first-order valence-corrected chi connectivity index (χ1v) is 10.2. The molecule has 0 aliphatic heterocycles. The lowest BCUT2D eigenvalue weighted by atomic mass is 10.2. The lowest BCUT2D eigenvalue weighted by Crippen LogP contribution is -2.08. The number of carbonyl (C=O) groups excluding carboxylic acids is 1. The fraction of sp³-hybridized carbons (Fsp3) is 0.0870. The number of ether oxygens (including phenoxy) is 1. The van der Waals surface area contributed by atoms with Gasteiger partial charge in [-0.05, 0) is 24.3 Å². The Morgan fingerprint density at radius 1 is 0.828 bits per heavy atom. The van der Waals surface area contributed by atoms with Crippen molar-refractivity contribution in [2.24, 2.45) is 0 Å². The third-order valence-corrected chi connectivity index (χ3v) is 5.13. The fourth-order valence-electron chi connectivity index (χ4n) is 2.87. The highest BCUT2D eigenvalue weighted by Crippen LogP contribution is 2.27. The number of benzene rings is 3. The van der Waals surface area contributed by atoms with Crippen molar-refractivity contribution in [2.45, 2.75) is 5.16 Å². The molecule has 0 unspecified atom stereocenters. The largest absolute Gasteiger partial charge is 0.461 e. The summed E-state index contributed by atoms with van der Waals surface area (Å²) in [5, 5.41) is 9.54. The van der Waals surface area contributed by atoms with Crippen molar-refractivity contribution < 1.29 is 9.53 Å². The van der Waals surface area contributed by atoms with E-state index in [-0.39, 0.29) is 5.97 Å². The first-order valence-electron chi connectivity index (χ1n) is 9.24. The van der Waals surface area contributed by atoms with Crippen LogP contribution in [0, 0.1) is 0 Å². The van der Waals surface area contributed by atoms with E-state index < -0.39 is 0 Å². The van der Waals surface area contributed by atoms with Gasteiger partial charge in [0.15, 0.2) is 11.0 Å². The summed E-state index contributed by atoms with van der Waals surface area (Å²) in [4.78, 5) is 12.1. The maximum Gasteiger partial charge on any atom is 0.338 e. The second kappa shape index (κ2) is 9.21. The molecule has 4 aromatic rings. The summed E-state index contributed by atoms with van der Waals surface area (Å²) in [6, 6.07) is 29.0. The van der Waals surface area contributed by atoms with E-state index in [4.69, 9.17) is 4.74 Å². The van der Waals surface area contributed by atoms with Gasteiger partial charge >= 0.3 is 5.97 Å². The Morgan fingerprint density at radius 2 is 1.45 bits per heavy atom. The van der Waals surface area contributed by atoms with E-state index in [1.54, 1.807) is 12.1 Å². The van der Waals surface area contributed by atoms with Crippen molar-refractivity contribution in [2.75, 3.05) is 12.4 Å². The molecule has 0 aliphatic rings. The van der Waals surface area contributed by atoms with Crippen LogP contribution in [0.25, 0.3) is 17.1 Å². The van der Waals surface area contributed by atoms with Crippen LogP contribution in [-0.4, -0.2) is 33.1 Å². The van der Waals surface area contributed by atoms with Crippen LogP contribution in [0.4, 0.5) is 0 Å². The van der Waals surface area contributed by atoms with Gasteiger partial charge in [-0.15, -0.1) is 10.2 Å². The van der Waals surface area contributed by atoms with Gasteiger partial charge in [0.05, 0.1) is 5.56 Å². The average Bonchev–Trinajstić information content (AvgIpc) is 3.22. The van der Waals surface area contributed by atoms with Crippen LogP contribution in [0.15, 0.2) is 96.2 Å². The molecule has 3 aromatic carbocycles. The highest BCUT2D eigenvalue weighted by atomic mass is 32.2. The van der Waals surface area contributed by atoms with Crippen molar-refractivity contribution >= 4 is 17.7 Å². The zero-order valence-corrected chi connectivity index (χ0v) is 16.5. The van der Waals surface area contributed by atoms with Crippen LogP contribution >= 0.6 is 11.8 Å². The van der Waals surface area contributed by atoms with Crippen molar-refractivity contribution in [3.8, 4) is 17.1 Å². The summed E-state index contributed by atoms with van der Waals surface area (Å²) < 4.78 is 7.40. The van der Waals surface area contributed by atoms with Crippen molar-refractivity contribution in [1.82, 2.24) is 14.8 Å². The number of thioether (sulfide) groups is 1. The van der Waals surface area contributed by atoms with Gasteiger partial charge < -0.3 is 4.74 Å². The summed E-state index contributed by atoms with van der Waals surface area (Å²) in [6.45, 7) is 0.292. The summed E-state index contributed by atoms with van der Waals surface area (Å²) in [6.07, 6.45) is 0. The summed E-state index contributed by atoms with van der Waals surface area (Å²) in [7, 11) is 0. The Balaban J connectivity index is 1.49.